The fourth-order valence-corrected chi connectivity index (χ4v) is 2.04. The molecule has 3 nitrogen and oxygen atoms in total. The molecule has 0 bridgehead atoms. The lowest BCUT2D eigenvalue weighted by Crippen LogP contribution is -2.29. The SMILES string of the molecule is COc1ccc(C2=CNC(C(F)(F)F)=C[C@@H]2O)c(C)c1. The van der Waals surface area contributed by atoms with Crippen LogP contribution in [0.2, 0.25) is 0 Å². The van der Waals surface area contributed by atoms with Gasteiger partial charge in [0.25, 0.3) is 0 Å². The number of aliphatic hydroxyl groups is 1. The molecule has 6 heteroatoms. The maximum Gasteiger partial charge on any atom is 0.431 e. The Balaban J connectivity index is 2.30. The lowest BCUT2D eigenvalue weighted by molar-refractivity contribution is -0.0964. The van der Waals surface area contributed by atoms with Gasteiger partial charge in [-0.05, 0) is 36.3 Å². The first-order chi connectivity index (χ1) is 9.32. The number of aryl methyl sites for hydroxylation is 1. The van der Waals surface area contributed by atoms with Crippen LogP contribution < -0.4 is 10.1 Å². The Bertz CT molecular complexity index is 576. The number of aliphatic hydroxyl groups excluding tert-OH is 1. The monoisotopic (exact) mass is 285 g/mol. The molecule has 0 aliphatic carbocycles. The summed E-state index contributed by atoms with van der Waals surface area (Å²) < 4.78 is 42.7. The highest BCUT2D eigenvalue weighted by Crippen LogP contribution is 2.32. The number of hydrogen-bond donors (Lipinski definition) is 2. The highest BCUT2D eigenvalue weighted by atomic mass is 19.4. The summed E-state index contributed by atoms with van der Waals surface area (Å²) in [6.45, 7) is 1.80. The van der Waals surface area contributed by atoms with E-state index < -0.39 is 18.0 Å². The second-order valence-electron chi connectivity index (χ2n) is 4.45. The van der Waals surface area contributed by atoms with E-state index in [1.54, 1.807) is 25.1 Å². The number of nitrogens with one attached hydrogen (secondary N) is 1. The minimum absolute atomic E-state index is 0.387. The standard InChI is InChI=1S/C14H14F3NO2/c1-8-5-9(20-2)3-4-10(8)11-7-18-13(6-12(11)19)14(15,16)17/h3-7,12,18-19H,1-2H3/t12-/m0/s1. The molecule has 1 aliphatic heterocycles. The van der Waals surface area contributed by atoms with Gasteiger partial charge in [0.1, 0.15) is 17.6 Å². The lowest BCUT2D eigenvalue weighted by Gasteiger charge is -2.23. The molecule has 0 saturated carbocycles. The fraction of sp³-hybridized carbons (Fsp3) is 0.286. The fourth-order valence-electron chi connectivity index (χ4n) is 2.04. The van der Waals surface area contributed by atoms with Crippen LogP contribution in [-0.2, 0) is 0 Å². The number of rotatable bonds is 2. The van der Waals surface area contributed by atoms with E-state index in [1.807, 2.05) is 0 Å². The van der Waals surface area contributed by atoms with Gasteiger partial charge in [0.2, 0.25) is 0 Å². The molecule has 2 rings (SSSR count). The summed E-state index contributed by atoms with van der Waals surface area (Å²) in [6.07, 6.45) is -3.86. The minimum atomic E-state index is -4.50. The topological polar surface area (TPSA) is 41.5 Å². The molecule has 2 N–H and O–H groups in total. The third-order valence-electron chi connectivity index (χ3n) is 3.08. The quantitative estimate of drug-likeness (QED) is 0.878. The van der Waals surface area contributed by atoms with Crippen LogP contribution in [0.3, 0.4) is 0 Å². The normalized spacial score (nSPS) is 19.0. The van der Waals surface area contributed by atoms with Gasteiger partial charge in [-0.2, -0.15) is 13.2 Å². The Morgan fingerprint density at radius 2 is 2.00 bits per heavy atom. The molecule has 0 unspecified atom stereocenters. The van der Waals surface area contributed by atoms with Crippen LogP contribution in [0.4, 0.5) is 13.2 Å². The van der Waals surface area contributed by atoms with Crippen molar-refractivity contribution in [3.8, 4) is 5.75 Å². The highest BCUT2D eigenvalue weighted by molar-refractivity contribution is 5.74. The zero-order valence-electron chi connectivity index (χ0n) is 11.0. The van der Waals surface area contributed by atoms with Crippen molar-refractivity contribution in [1.82, 2.24) is 5.32 Å². The number of alkyl halides is 3. The van der Waals surface area contributed by atoms with Gasteiger partial charge in [0.15, 0.2) is 0 Å². The molecular weight excluding hydrogens is 271 g/mol. The molecule has 0 radical (unpaired) electrons. The highest BCUT2D eigenvalue weighted by Gasteiger charge is 2.36. The molecule has 20 heavy (non-hydrogen) atoms. The summed E-state index contributed by atoms with van der Waals surface area (Å²) in [6, 6.07) is 5.15. The number of allylic oxidation sites excluding steroid dienone is 1. The van der Waals surface area contributed by atoms with Crippen LogP contribution in [-0.4, -0.2) is 24.5 Å². The van der Waals surface area contributed by atoms with Crippen molar-refractivity contribution in [2.75, 3.05) is 7.11 Å². The van der Waals surface area contributed by atoms with Crippen LogP contribution in [0.25, 0.3) is 5.57 Å². The Hall–Kier alpha value is -1.95. The van der Waals surface area contributed by atoms with E-state index >= 15 is 0 Å². The maximum atomic E-state index is 12.5. The average Bonchev–Trinajstić information content (AvgIpc) is 2.38. The third kappa shape index (κ3) is 2.80. The zero-order chi connectivity index (χ0) is 14.9. The molecule has 0 amide bonds. The van der Waals surface area contributed by atoms with Crippen molar-refractivity contribution in [3.63, 3.8) is 0 Å². The molecule has 1 aliphatic rings. The number of halogens is 3. The van der Waals surface area contributed by atoms with Gasteiger partial charge in [0.05, 0.1) is 7.11 Å². The van der Waals surface area contributed by atoms with Gasteiger partial charge < -0.3 is 15.2 Å². The first kappa shape index (κ1) is 14.5. The molecule has 1 atom stereocenters. The van der Waals surface area contributed by atoms with E-state index in [1.165, 1.54) is 13.3 Å². The van der Waals surface area contributed by atoms with Crippen molar-refractivity contribution in [1.29, 1.82) is 0 Å². The first-order valence-electron chi connectivity index (χ1n) is 5.91. The van der Waals surface area contributed by atoms with Crippen LogP contribution >= 0.6 is 0 Å². The zero-order valence-corrected chi connectivity index (χ0v) is 11.0. The lowest BCUT2D eigenvalue weighted by atomic mass is 9.94. The van der Waals surface area contributed by atoms with E-state index in [0.717, 1.165) is 11.6 Å². The van der Waals surface area contributed by atoms with E-state index in [2.05, 4.69) is 5.32 Å². The summed E-state index contributed by atoms with van der Waals surface area (Å²) in [5.41, 5.74) is 0.904. The van der Waals surface area contributed by atoms with Crippen LogP contribution in [0, 0.1) is 6.92 Å². The van der Waals surface area contributed by atoms with Gasteiger partial charge in [-0.15, -0.1) is 0 Å². The number of ether oxygens (including phenoxy) is 1. The van der Waals surface area contributed by atoms with Gasteiger partial charge in [-0.25, -0.2) is 0 Å². The number of hydrogen-bond acceptors (Lipinski definition) is 3. The van der Waals surface area contributed by atoms with Crippen molar-refractivity contribution < 1.29 is 23.0 Å². The van der Waals surface area contributed by atoms with E-state index in [9.17, 15) is 18.3 Å². The Morgan fingerprint density at radius 3 is 2.50 bits per heavy atom. The summed E-state index contributed by atoms with van der Waals surface area (Å²) >= 11 is 0. The van der Waals surface area contributed by atoms with E-state index in [-0.39, 0.29) is 0 Å². The van der Waals surface area contributed by atoms with Crippen LogP contribution in [0.15, 0.2) is 36.2 Å². The third-order valence-corrected chi connectivity index (χ3v) is 3.08. The van der Waals surface area contributed by atoms with Gasteiger partial charge >= 0.3 is 6.18 Å². The summed E-state index contributed by atoms with van der Waals surface area (Å²) in [7, 11) is 1.53. The van der Waals surface area contributed by atoms with E-state index in [0.29, 0.717) is 16.9 Å². The molecule has 1 heterocycles. The van der Waals surface area contributed by atoms with Gasteiger partial charge in [-0.3, -0.25) is 0 Å². The molecule has 1 aromatic rings. The molecule has 0 fully saturated rings. The van der Waals surface area contributed by atoms with Crippen LogP contribution in [0.1, 0.15) is 11.1 Å². The van der Waals surface area contributed by atoms with Gasteiger partial charge in [-0.1, -0.05) is 6.07 Å². The summed E-state index contributed by atoms with van der Waals surface area (Å²) in [4.78, 5) is 0. The Morgan fingerprint density at radius 1 is 1.30 bits per heavy atom. The molecular formula is C14H14F3NO2. The number of benzene rings is 1. The smallest absolute Gasteiger partial charge is 0.431 e. The van der Waals surface area contributed by atoms with Crippen molar-refractivity contribution >= 4 is 5.57 Å². The van der Waals surface area contributed by atoms with E-state index in [4.69, 9.17) is 4.74 Å². The van der Waals surface area contributed by atoms with Gasteiger partial charge in [0, 0.05) is 11.8 Å². The summed E-state index contributed by atoms with van der Waals surface area (Å²) in [5, 5.41) is 12.1. The molecule has 0 spiro atoms. The maximum absolute atomic E-state index is 12.5. The average molecular weight is 285 g/mol. The Kier molecular flexibility index (Phi) is 3.76. The van der Waals surface area contributed by atoms with Crippen LogP contribution in [0.5, 0.6) is 5.75 Å². The first-order valence-corrected chi connectivity index (χ1v) is 5.91. The molecule has 108 valence electrons. The second kappa shape index (κ2) is 5.20. The molecule has 1 aromatic carbocycles. The summed E-state index contributed by atoms with van der Waals surface area (Å²) in [5.74, 6) is 0.650. The number of methoxy groups -OCH3 is 1. The van der Waals surface area contributed by atoms with Crippen molar-refractivity contribution in [2.45, 2.75) is 19.2 Å². The Labute approximate surface area is 114 Å². The minimum Gasteiger partial charge on any atom is -0.497 e. The predicted octanol–water partition coefficient (Wildman–Crippen LogP) is 2.75. The van der Waals surface area contributed by atoms with Crippen molar-refractivity contribution in [3.05, 3.63) is 47.3 Å². The largest absolute Gasteiger partial charge is 0.497 e. The molecule has 0 saturated heterocycles. The predicted molar refractivity (Wildman–Crippen MR) is 69.0 cm³/mol. The number of dihydropyridines is 1. The van der Waals surface area contributed by atoms with Crippen molar-refractivity contribution in [2.24, 2.45) is 0 Å². The second-order valence-corrected chi connectivity index (χ2v) is 4.45. The molecule has 0 aromatic heterocycles.